The SMILES string of the molecule is CC(C)NCc1sc(-c2ccco2)nc1C(C)(C)C. The highest BCUT2D eigenvalue weighted by molar-refractivity contribution is 7.15. The molecule has 104 valence electrons. The van der Waals surface area contributed by atoms with Crippen molar-refractivity contribution in [1.29, 1.82) is 0 Å². The van der Waals surface area contributed by atoms with E-state index in [0.29, 0.717) is 6.04 Å². The zero-order valence-electron chi connectivity index (χ0n) is 12.3. The van der Waals surface area contributed by atoms with E-state index in [4.69, 9.17) is 9.40 Å². The minimum Gasteiger partial charge on any atom is -0.462 e. The largest absolute Gasteiger partial charge is 0.462 e. The summed E-state index contributed by atoms with van der Waals surface area (Å²) in [5.74, 6) is 0.853. The third kappa shape index (κ3) is 3.45. The van der Waals surface area contributed by atoms with Gasteiger partial charge in [-0.25, -0.2) is 4.98 Å². The summed E-state index contributed by atoms with van der Waals surface area (Å²) in [4.78, 5) is 6.09. The highest BCUT2D eigenvalue weighted by Gasteiger charge is 2.24. The van der Waals surface area contributed by atoms with Crippen LogP contribution < -0.4 is 5.32 Å². The van der Waals surface area contributed by atoms with Gasteiger partial charge in [-0.05, 0) is 12.1 Å². The van der Waals surface area contributed by atoms with E-state index in [-0.39, 0.29) is 5.41 Å². The van der Waals surface area contributed by atoms with E-state index in [1.807, 2.05) is 12.1 Å². The van der Waals surface area contributed by atoms with Crippen LogP contribution in [0.4, 0.5) is 0 Å². The Balaban J connectivity index is 2.34. The molecule has 3 nitrogen and oxygen atoms in total. The first-order valence-electron chi connectivity index (χ1n) is 6.65. The Labute approximate surface area is 119 Å². The standard InChI is InChI=1S/C15H22N2OS/c1-10(2)16-9-12-13(15(3,4)5)17-14(19-12)11-7-6-8-18-11/h6-8,10,16H,9H2,1-5H3. The monoisotopic (exact) mass is 278 g/mol. The molecule has 0 spiro atoms. The quantitative estimate of drug-likeness (QED) is 0.911. The molecule has 0 saturated heterocycles. The van der Waals surface area contributed by atoms with Gasteiger partial charge in [0.05, 0.1) is 12.0 Å². The summed E-state index contributed by atoms with van der Waals surface area (Å²) in [5.41, 5.74) is 1.21. The molecule has 2 heterocycles. The van der Waals surface area contributed by atoms with Crippen molar-refractivity contribution in [3.8, 4) is 10.8 Å². The fourth-order valence-electron chi connectivity index (χ4n) is 1.86. The Bertz CT molecular complexity index is 521. The summed E-state index contributed by atoms with van der Waals surface area (Å²) in [6.45, 7) is 11.8. The highest BCUT2D eigenvalue weighted by atomic mass is 32.1. The first-order chi connectivity index (χ1) is 8.88. The Morgan fingerprint density at radius 2 is 2.11 bits per heavy atom. The average molecular weight is 278 g/mol. The Hall–Kier alpha value is -1.13. The summed E-state index contributed by atoms with van der Waals surface area (Å²) >= 11 is 1.72. The molecule has 0 unspecified atom stereocenters. The van der Waals surface area contributed by atoms with Crippen LogP contribution in [0, 0.1) is 0 Å². The van der Waals surface area contributed by atoms with Gasteiger partial charge in [0.1, 0.15) is 0 Å². The molecule has 19 heavy (non-hydrogen) atoms. The molecular formula is C15H22N2OS. The molecule has 0 aliphatic rings. The molecule has 0 aromatic carbocycles. The minimum absolute atomic E-state index is 0.0509. The summed E-state index contributed by atoms with van der Waals surface area (Å²) < 4.78 is 5.45. The van der Waals surface area contributed by atoms with Crippen LogP contribution in [0.3, 0.4) is 0 Å². The molecule has 0 radical (unpaired) electrons. The smallest absolute Gasteiger partial charge is 0.162 e. The van der Waals surface area contributed by atoms with Gasteiger partial charge in [-0.3, -0.25) is 0 Å². The van der Waals surface area contributed by atoms with Gasteiger partial charge in [0.15, 0.2) is 10.8 Å². The van der Waals surface area contributed by atoms with Crippen LogP contribution in [-0.4, -0.2) is 11.0 Å². The summed E-state index contributed by atoms with van der Waals surface area (Å²) in [6, 6.07) is 4.34. The fraction of sp³-hybridized carbons (Fsp3) is 0.533. The molecule has 2 aromatic rings. The maximum absolute atomic E-state index is 5.45. The molecule has 0 aliphatic carbocycles. The van der Waals surface area contributed by atoms with Gasteiger partial charge in [-0.15, -0.1) is 11.3 Å². The third-order valence-corrected chi connectivity index (χ3v) is 3.88. The number of nitrogens with one attached hydrogen (secondary N) is 1. The van der Waals surface area contributed by atoms with E-state index in [2.05, 4.69) is 39.9 Å². The first kappa shape index (κ1) is 14.3. The topological polar surface area (TPSA) is 38.1 Å². The van der Waals surface area contributed by atoms with Gasteiger partial charge in [-0.1, -0.05) is 34.6 Å². The molecular weight excluding hydrogens is 256 g/mol. The number of thiazole rings is 1. The van der Waals surface area contributed by atoms with E-state index >= 15 is 0 Å². The van der Waals surface area contributed by atoms with E-state index in [1.165, 1.54) is 4.88 Å². The third-order valence-electron chi connectivity index (χ3n) is 2.81. The second-order valence-electron chi connectivity index (χ2n) is 6.05. The van der Waals surface area contributed by atoms with Crippen molar-refractivity contribution < 1.29 is 4.42 Å². The minimum atomic E-state index is 0.0509. The van der Waals surface area contributed by atoms with Gasteiger partial charge in [0.2, 0.25) is 0 Å². The van der Waals surface area contributed by atoms with Crippen molar-refractivity contribution in [1.82, 2.24) is 10.3 Å². The predicted molar refractivity (Wildman–Crippen MR) is 80.5 cm³/mol. The van der Waals surface area contributed by atoms with Gasteiger partial charge < -0.3 is 9.73 Å². The average Bonchev–Trinajstić information content (AvgIpc) is 2.94. The first-order valence-corrected chi connectivity index (χ1v) is 7.47. The molecule has 0 saturated carbocycles. The predicted octanol–water partition coefficient (Wildman–Crippen LogP) is 4.20. The number of hydrogen-bond donors (Lipinski definition) is 1. The number of rotatable bonds is 4. The Morgan fingerprint density at radius 3 is 2.63 bits per heavy atom. The van der Waals surface area contributed by atoms with Crippen molar-refractivity contribution in [2.75, 3.05) is 0 Å². The van der Waals surface area contributed by atoms with Crippen LogP contribution in [0.15, 0.2) is 22.8 Å². The molecule has 0 aliphatic heterocycles. The van der Waals surface area contributed by atoms with Crippen molar-refractivity contribution >= 4 is 11.3 Å². The van der Waals surface area contributed by atoms with Crippen LogP contribution in [0.1, 0.15) is 45.2 Å². The summed E-state index contributed by atoms with van der Waals surface area (Å²) in [5, 5.41) is 4.44. The second-order valence-corrected chi connectivity index (χ2v) is 7.14. The zero-order chi connectivity index (χ0) is 14.0. The normalized spacial score (nSPS) is 12.3. The summed E-state index contributed by atoms with van der Waals surface area (Å²) in [6.07, 6.45) is 1.69. The number of hydrogen-bond acceptors (Lipinski definition) is 4. The lowest BCUT2D eigenvalue weighted by molar-refractivity contribution is 0.544. The maximum Gasteiger partial charge on any atom is 0.162 e. The van der Waals surface area contributed by atoms with Crippen molar-refractivity contribution in [2.45, 2.75) is 52.6 Å². The lowest BCUT2D eigenvalue weighted by atomic mass is 9.91. The van der Waals surface area contributed by atoms with Crippen LogP contribution in [0.25, 0.3) is 10.8 Å². The molecule has 2 aromatic heterocycles. The maximum atomic E-state index is 5.45. The van der Waals surface area contributed by atoms with Crippen molar-refractivity contribution in [3.63, 3.8) is 0 Å². The van der Waals surface area contributed by atoms with Crippen LogP contribution in [0.2, 0.25) is 0 Å². The number of aromatic nitrogens is 1. The second kappa shape index (κ2) is 5.47. The van der Waals surface area contributed by atoms with Crippen LogP contribution in [0.5, 0.6) is 0 Å². The van der Waals surface area contributed by atoms with Crippen LogP contribution in [-0.2, 0) is 12.0 Å². The number of nitrogens with zero attached hydrogens (tertiary/aromatic N) is 1. The van der Waals surface area contributed by atoms with E-state index in [9.17, 15) is 0 Å². The van der Waals surface area contributed by atoms with Gasteiger partial charge in [0, 0.05) is 22.9 Å². The van der Waals surface area contributed by atoms with Gasteiger partial charge in [0.25, 0.3) is 0 Å². The fourth-order valence-corrected chi connectivity index (χ4v) is 3.05. The summed E-state index contributed by atoms with van der Waals surface area (Å²) in [7, 11) is 0. The lowest BCUT2D eigenvalue weighted by Gasteiger charge is -2.18. The molecule has 1 N–H and O–H groups in total. The van der Waals surface area contributed by atoms with Crippen molar-refractivity contribution in [3.05, 3.63) is 29.0 Å². The van der Waals surface area contributed by atoms with Crippen molar-refractivity contribution in [2.24, 2.45) is 0 Å². The Morgan fingerprint density at radius 1 is 1.37 bits per heavy atom. The van der Waals surface area contributed by atoms with E-state index < -0.39 is 0 Å². The number of furan rings is 1. The zero-order valence-corrected chi connectivity index (χ0v) is 13.1. The Kier molecular flexibility index (Phi) is 4.11. The molecule has 0 fully saturated rings. The highest BCUT2D eigenvalue weighted by Crippen LogP contribution is 2.34. The van der Waals surface area contributed by atoms with Gasteiger partial charge in [-0.2, -0.15) is 0 Å². The molecule has 0 amide bonds. The van der Waals surface area contributed by atoms with Gasteiger partial charge >= 0.3 is 0 Å². The molecule has 2 rings (SSSR count). The molecule has 0 atom stereocenters. The lowest BCUT2D eigenvalue weighted by Crippen LogP contribution is -2.23. The van der Waals surface area contributed by atoms with E-state index in [1.54, 1.807) is 17.6 Å². The molecule has 0 bridgehead atoms. The van der Waals surface area contributed by atoms with E-state index in [0.717, 1.165) is 23.0 Å². The molecule has 4 heteroatoms. The van der Waals surface area contributed by atoms with Crippen LogP contribution >= 0.6 is 11.3 Å².